The summed E-state index contributed by atoms with van der Waals surface area (Å²) in [6.07, 6.45) is 7.78. The van der Waals surface area contributed by atoms with Gasteiger partial charge in [-0.2, -0.15) is 0 Å². The Kier molecular flexibility index (Phi) is 6.72. The van der Waals surface area contributed by atoms with Gasteiger partial charge in [-0.3, -0.25) is 14.6 Å². The lowest BCUT2D eigenvalue weighted by molar-refractivity contribution is -0.144. The molecule has 10 nitrogen and oxygen atoms in total. The maximum absolute atomic E-state index is 13.8. The number of anilines is 1. The van der Waals surface area contributed by atoms with Gasteiger partial charge in [0.15, 0.2) is 0 Å². The minimum absolute atomic E-state index is 0.121. The summed E-state index contributed by atoms with van der Waals surface area (Å²) in [4.78, 5) is 35.3. The second-order valence-corrected chi connectivity index (χ2v) is 11.5. The van der Waals surface area contributed by atoms with Crippen LogP contribution in [0.2, 0.25) is 0 Å². The standard InChI is InChI=1S/C26H37N7O3/c1-26(2,3)23(33-16-21(29-30-33)17-6-7-17)25(36)32-15-20(34)12-22(32)24(35)28-13-18-8-9-19(14-27-18)31-10-4-5-11-31/h8-9,14,16-17,20,22-23,34H,4-7,10-13,15H2,1-3H3,(H,28,35)/t20-,22+,23-/m1/s1. The van der Waals surface area contributed by atoms with Gasteiger partial charge in [0.25, 0.3) is 0 Å². The molecule has 0 unspecified atom stereocenters. The Labute approximate surface area is 212 Å². The maximum Gasteiger partial charge on any atom is 0.248 e. The van der Waals surface area contributed by atoms with E-state index in [4.69, 9.17) is 0 Å². The van der Waals surface area contributed by atoms with Crippen LogP contribution in [0, 0.1) is 5.41 Å². The highest BCUT2D eigenvalue weighted by molar-refractivity contribution is 5.90. The highest BCUT2D eigenvalue weighted by Gasteiger charge is 2.45. The molecule has 1 saturated carbocycles. The van der Waals surface area contributed by atoms with Crippen LogP contribution in [0.3, 0.4) is 0 Å². The molecule has 4 heterocycles. The fourth-order valence-corrected chi connectivity index (χ4v) is 5.31. The molecule has 2 saturated heterocycles. The van der Waals surface area contributed by atoms with Crippen molar-refractivity contribution < 1.29 is 14.7 Å². The Morgan fingerprint density at radius 1 is 1.19 bits per heavy atom. The molecule has 3 atom stereocenters. The highest BCUT2D eigenvalue weighted by Crippen LogP contribution is 2.40. The molecule has 3 aliphatic rings. The summed E-state index contributed by atoms with van der Waals surface area (Å²) in [6.45, 7) is 8.43. The molecule has 2 N–H and O–H groups in total. The van der Waals surface area contributed by atoms with Gasteiger partial charge in [0.1, 0.15) is 12.1 Å². The highest BCUT2D eigenvalue weighted by atomic mass is 16.3. The predicted octanol–water partition coefficient (Wildman–Crippen LogP) is 2.02. The van der Waals surface area contributed by atoms with E-state index in [0.717, 1.165) is 43.0 Å². The number of amides is 2. The van der Waals surface area contributed by atoms with Crippen LogP contribution in [0.5, 0.6) is 0 Å². The van der Waals surface area contributed by atoms with Gasteiger partial charge in [0.05, 0.1) is 35.9 Å². The number of nitrogens with zero attached hydrogens (tertiary/aromatic N) is 6. The molecule has 2 aliphatic heterocycles. The quantitative estimate of drug-likeness (QED) is 0.604. The number of carbonyl (C=O) groups excluding carboxylic acids is 2. The van der Waals surface area contributed by atoms with Crippen LogP contribution < -0.4 is 10.2 Å². The largest absolute Gasteiger partial charge is 0.391 e. The van der Waals surface area contributed by atoms with Gasteiger partial charge >= 0.3 is 0 Å². The monoisotopic (exact) mass is 495 g/mol. The number of hydrogen-bond acceptors (Lipinski definition) is 7. The summed E-state index contributed by atoms with van der Waals surface area (Å²) in [5.74, 6) is -0.0746. The zero-order chi connectivity index (χ0) is 25.4. The number of pyridine rings is 1. The molecule has 2 aromatic rings. The molecule has 5 rings (SSSR count). The Morgan fingerprint density at radius 3 is 2.58 bits per heavy atom. The van der Waals surface area contributed by atoms with Crippen LogP contribution in [0.1, 0.15) is 76.2 Å². The van der Waals surface area contributed by atoms with E-state index in [-0.39, 0.29) is 31.3 Å². The minimum atomic E-state index is -0.749. The Bertz CT molecular complexity index is 1080. The third kappa shape index (κ3) is 5.23. The average Bonchev–Trinajstić information content (AvgIpc) is 3.22. The second-order valence-electron chi connectivity index (χ2n) is 11.5. The predicted molar refractivity (Wildman–Crippen MR) is 134 cm³/mol. The number of carbonyl (C=O) groups is 2. The molecular weight excluding hydrogens is 458 g/mol. The molecule has 1 aliphatic carbocycles. The number of likely N-dealkylation sites (tertiary alicyclic amines) is 1. The van der Waals surface area contributed by atoms with Crippen molar-refractivity contribution in [3.63, 3.8) is 0 Å². The fraction of sp³-hybridized carbons (Fsp3) is 0.654. The molecule has 2 amide bonds. The molecular formula is C26H37N7O3. The van der Waals surface area contributed by atoms with Crippen LogP contribution in [-0.4, -0.2) is 73.6 Å². The number of aliphatic hydroxyl groups is 1. The topological polar surface area (TPSA) is 116 Å². The van der Waals surface area contributed by atoms with E-state index in [1.807, 2.05) is 45.3 Å². The molecule has 0 aromatic carbocycles. The van der Waals surface area contributed by atoms with Gasteiger partial charge in [0.2, 0.25) is 11.8 Å². The van der Waals surface area contributed by atoms with Crippen molar-refractivity contribution >= 4 is 17.5 Å². The van der Waals surface area contributed by atoms with Crippen molar-refractivity contribution in [1.82, 2.24) is 30.2 Å². The zero-order valence-corrected chi connectivity index (χ0v) is 21.4. The lowest BCUT2D eigenvalue weighted by Crippen LogP contribution is -2.50. The first-order valence-electron chi connectivity index (χ1n) is 13.1. The normalized spacial score (nSPS) is 23.2. The van der Waals surface area contributed by atoms with E-state index in [2.05, 4.69) is 25.5 Å². The minimum Gasteiger partial charge on any atom is -0.391 e. The third-order valence-corrected chi connectivity index (χ3v) is 7.43. The smallest absolute Gasteiger partial charge is 0.248 e. The van der Waals surface area contributed by atoms with Gasteiger partial charge in [-0.25, -0.2) is 4.68 Å². The number of nitrogens with one attached hydrogen (secondary N) is 1. The van der Waals surface area contributed by atoms with Gasteiger partial charge in [-0.15, -0.1) is 5.10 Å². The molecule has 36 heavy (non-hydrogen) atoms. The van der Waals surface area contributed by atoms with E-state index < -0.39 is 23.6 Å². The van der Waals surface area contributed by atoms with E-state index >= 15 is 0 Å². The van der Waals surface area contributed by atoms with Gasteiger partial charge in [-0.05, 0) is 43.2 Å². The molecule has 194 valence electrons. The van der Waals surface area contributed by atoms with Crippen LogP contribution in [-0.2, 0) is 16.1 Å². The number of aromatic nitrogens is 4. The summed E-state index contributed by atoms with van der Waals surface area (Å²) < 4.78 is 1.64. The maximum atomic E-state index is 13.8. The molecule has 0 bridgehead atoms. The van der Waals surface area contributed by atoms with Gasteiger partial charge in [-0.1, -0.05) is 26.0 Å². The fourth-order valence-electron chi connectivity index (χ4n) is 5.31. The summed E-state index contributed by atoms with van der Waals surface area (Å²) in [6, 6.07) is 2.60. The molecule has 0 radical (unpaired) electrons. The van der Waals surface area contributed by atoms with E-state index in [9.17, 15) is 14.7 Å². The first-order valence-corrected chi connectivity index (χ1v) is 13.1. The first kappa shape index (κ1) is 24.7. The Hall–Kier alpha value is -3.01. The Morgan fingerprint density at radius 2 is 1.94 bits per heavy atom. The molecule has 0 spiro atoms. The number of rotatable bonds is 7. The number of aliphatic hydroxyl groups excluding tert-OH is 1. The molecule has 10 heteroatoms. The Balaban J connectivity index is 1.26. The lowest BCUT2D eigenvalue weighted by atomic mass is 9.85. The van der Waals surface area contributed by atoms with Crippen LogP contribution in [0.4, 0.5) is 5.69 Å². The lowest BCUT2D eigenvalue weighted by Gasteiger charge is -2.34. The number of β-amino-alcohol motifs (C(OH)–C–C–N with tert-alkyl or cyclic N) is 1. The van der Waals surface area contributed by atoms with Crippen LogP contribution in [0.25, 0.3) is 0 Å². The van der Waals surface area contributed by atoms with E-state index in [1.54, 1.807) is 4.68 Å². The summed E-state index contributed by atoms with van der Waals surface area (Å²) >= 11 is 0. The zero-order valence-electron chi connectivity index (χ0n) is 21.4. The summed E-state index contributed by atoms with van der Waals surface area (Å²) in [7, 11) is 0. The van der Waals surface area contributed by atoms with Crippen LogP contribution >= 0.6 is 0 Å². The SMILES string of the molecule is CC(C)(C)[C@@H](C(=O)N1C[C@H](O)C[C@H]1C(=O)NCc1ccc(N2CCCC2)cn1)n1cc(C2CC2)nn1. The van der Waals surface area contributed by atoms with Gasteiger partial charge < -0.3 is 20.2 Å². The second kappa shape index (κ2) is 9.80. The van der Waals surface area contributed by atoms with Crippen molar-refractivity contribution in [2.75, 3.05) is 24.5 Å². The van der Waals surface area contributed by atoms with Crippen molar-refractivity contribution in [3.8, 4) is 0 Å². The number of hydrogen-bond donors (Lipinski definition) is 2. The molecule has 2 aromatic heterocycles. The van der Waals surface area contributed by atoms with Crippen LogP contribution in [0.15, 0.2) is 24.5 Å². The van der Waals surface area contributed by atoms with Crippen molar-refractivity contribution in [1.29, 1.82) is 0 Å². The van der Waals surface area contributed by atoms with E-state index in [0.29, 0.717) is 5.92 Å². The van der Waals surface area contributed by atoms with E-state index in [1.165, 1.54) is 17.7 Å². The summed E-state index contributed by atoms with van der Waals surface area (Å²) in [5, 5.41) is 21.9. The van der Waals surface area contributed by atoms with Crippen molar-refractivity contribution in [3.05, 3.63) is 35.9 Å². The van der Waals surface area contributed by atoms with Crippen molar-refractivity contribution in [2.24, 2.45) is 5.41 Å². The molecule has 3 fully saturated rings. The van der Waals surface area contributed by atoms with Gasteiger partial charge in [0, 0.05) is 38.2 Å². The average molecular weight is 496 g/mol. The third-order valence-electron chi connectivity index (χ3n) is 7.43. The first-order chi connectivity index (χ1) is 17.2. The summed E-state index contributed by atoms with van der Waals surface area (Å²) in [5.41, 5.74) is 2.31. The van der Waals surface area contributed by atoms with Crippen molar-refractivity contribution in [2.45, 2.75) is 83.5 Å².